The summed E-state index contributed by atoms with van der Waals surface area (Å²) in [5, 5.41) is 9.01. The van der Waals surface area contributed by atoms with Crippen molar-refractivity contribution in [1.82, 2.24) is 0 Å². The molecule has 0 heterocycles. The van der Waals surface area contributed by atoms with E-state index in [2.05, 4.69) is 6.07 Å². The lowest BCUT2D eigenvalue weighted by atomic mass is 10.0. The number of nitriles is 1. The summed E-state index contributed by atoms with van der Waals surface area (Å²) in [6.45, 7) is 7.80. The largest absolute Gasteiger partial charge is 0.489 e. The van der Waals surface area contributed by atoms with E-state index >= 15 is 0 Å². The van der Waals surface area contributed by atoms with E-state index in [9.17, 15) is 0 Å². The van der Waals surface area contributed by atoms with Crippen molar-refractivity contribution < 1.29 is 4.74 Å². The zero-order valence-electron chi connectivity index (χ0n) is 9.09. The molecule has 0 atom stereocenters. The molecular formula is C12H15NO. The van der Waals surface area contributed by atoms with Gasteiger partial charge in [0.15, 0.2) is 0 Å². The summed E-state index contributed by atoms with van der Waals surface area (Å²) in [5.74, 6) is 0.725. The van der Waals surface area contributed by atoms with E-state index in [0.717, 1.165) is 16.9 Å². The molecule has 1 aromatic carbocycles. The summed E-state index contributed by atoms with van der Waals surface area (Å²) in [5.41, 5.74) is 2.63. The molecule has 2 nitrogen and oxygen atoms in total. The Morgan fingerprint density at radius 3 is 2.29 bits per heavy atom. The zero-order chi connectivity index (χ0) is 10.7. The lowest BCUT2D eigenvalue weighted by molar-refractivity contribution is 0.240. The smallest absolute Gasteiger partial charge is 0.140 e. The van der Waals surface area contributed by atoms with Gasteiger partial charge in [0.25, 0.3) is 0 Å². The van der Waals surface area contributed by atoms with Crippen LogP contribution in [0.4, 0.5) is 0 Å². The highest BCUT2D eigenvalue weighted by molar-refractivity contribution is 5.52. The highest BCUT2D eigenvalue weighted by Crippen LogP contribution is 2.26. The van der Waals surface area contributed by atoms with E-state index in [1.54, 1.807) is 0 Å². The fourth-order valence-corrected chi connectivity index (χ4v) is 1.31. The fraction of sp³-hybridized carbons (Fsp3) is 0.417. The molecule has 0 amide bonds. The van der Waals surface area contributed by atoms with Crippen LogP contribution in [0, 0.1) is 25.2 Å². The van der Waals surface area contributed by atoms with Crippen LogP contribution in [0.15, 0.2) is 12.1 Å². The van der Waals surface area contributed by atoms with Crippen molar-refractivity contribution in [3.8, 4) is 11.8 Å². The standard InChI is InChI=1S/C12H15NO/c1-8(2)14-12-10(4)6-5-9(3)11(12)7-13/h5-6,8H,1-4H3. The summed E-state index contributed by atoms with van der Waals surface area (Å²) in [6.07, 6.45) is 0.0996. The normalized spacial score (nSPS) is 10.0. The third-order valence-corrected chi connectivity index (χ3v) is 2.03. The molecular weight excluding hydrogens is 174 g/mol. The third kappa shape index (κ3) is 2.05. The highest BCUT2D eigenvalue weighted by Gasteiger charge is 2.10. The van der Waals surface area contributed by atoms with Crippen molar-refractivity contribution in [2.45, 2.75) is 33.8 Å². The molecule has 0 saturated carbocycles. The molecule has 0 aliphatic heterocycles. The van der Waals surface area contributed by atoms with E-state index in [-0.39, 0.29) is 6.10 Å². The van der Waals surface area contributed by atoms with Gasteiger partial charge in [0.1, 0.15) is 11.8 Å². The maximum absolute atomic E-state index is 9.01. The van der Waals surface area contributed by atoms with E-state index in [4.69, 9.17) is 10.00 Å². The summed E-state index contributed by atoms with van der Waals surface area (Å²) < 4.78 is 5.63. The van der Waals surface area contributed by atoms with Gasteiger partial charge in [0, 0.05) is 0 Å². The van der Waals surface area contributed by atoms with Crippen molar-refractivity contribution in [2.24, 2.45) is 0 Å². The van der Waals surface area contributed by atoms with Crippen LogP contribution in [-0.2, 0) is 0 Å². The van der Waals surface area contributed by atoms with Gasteiger partial charge in [-0.1, -0.05) is 12.1 Å². The monoisotopic (exact) mass is 189 g/mol. The second-order valence-corrected chi connectivity index (χ2v) is 3.68. The van der Waals surface area contributed by atoms with Gasteiger partial charge in [-0.3, -0.25) is 0 Å². The SMILES string of the molecule is Cc1ccc(C)c(OC(C)C)c1C#N. The predicted octanol–water partition coefficient (Wildman–Crippen LogP) is 2.96. The quantitative estimate of drug-likeness (QED) is 0.716. The number of benzene rings is 1. The maximum Gasteiger partial charge on any atom is 0.140 e. The molecule has 0 aliphatic rings. The first kappa shape index (κ1) is 10.6. The lowest BCUT2D eigenvalue weighted by Gasteiger charge is -2.14. The summed E-state index contributed by atoms with van der Waals surface area (Å²) in [7, 11) is 0. The average molecular weight is 189 g/mol. The van der Waals surface area contributed by atoms with Crippen LogP contribution in [0.1, 0.15) is 30.5 Å². The zero-order valence-corrected chi connectivity index (χ0v) is 9.09. The molecule has 0 spiro atoms. The second-order valence-electron chi connectivity index (χ2n) is 3.68. The van der Waals surface area contributed by atoms with Gasteiger partial charge in [0.05, 0.1) is 11.7 Å². The number of rotatable bonds is 2. The first-order valence-corrected chi connectivity index (χ1v) is 4.73. The molecule has 0 aliphatic carbocycles. The Morgan fingerprint density at radius 2 is 1.79 bits per heavy atom. The maximum atomic E-state index is 9.01. The lowest BCUT2D eigenvalue weighted by Crippen LogP contribution is -2.08. The van der Waals surface area contributed by atoms with E-state index < -0.39 is 0 Å². The highest BCUT2D eigenvalue weighted by atomic mass is 16.5. The Hall–Kier alpha value is -1.49. The Kier molecular flexibility index (Phi) is 3.14. The van der Waals surface area contributed by atoms with Gasteiger partial charge in [-0.2, -0.15) is 5.26 Å². The van der Waals surface area contributed by atoms with Gasteiger partial charge in [-0.15, -0.1) is 0 Å². The van der Waals surface area contributed by atoms with Gasteiger partial charge in [0.2, 0.25) is 0 Å². The summed E-state index contributed by atoms with van der Waals surface area (Å²) in [6, 6.07) is 6.11. The third-order valence-electron chi connectivity index (χ3n) is 2.03. The Labute approximate surface area is 85.1 Å². The average Bonchev–Trinajstić information content (AvgIpc) is 2.11. The number of hydrogen-bond acceptors (Lipinski definition) is 2. The van der Waals surface area contributed by atoms with Gasteiger partial charge in [-0.25, -0.2) is 0 Å². The van der Waals surface area contributed by atoms with E-state index in [1.807, 2.05) is 39.8 Å². The Morgan fingerprint density at radius 1 is 1.21 bits per heavy atom. The van der Waals surface area contributed by atoms with Crippen molar-refractivity contribution in [2.75, 3.05) is 0 Å². The van der Waals surface area contributed by atoms with Crippen LogP contribution in [0.5, 0.6) is 5.75 Å². The molecule has 0 fully saturated rings. The van der Waals surface area contributed by atoms with Gasteiger partial charge < -0.3 is 4.74 Å². The van der Waals surface area contributed by atoms with Gasteiger partial charge >= 0.3 is 0 Å². The van der Waals surface area contributed by atoms with Gasteiger partial charge in [-0.05, 0) is 38.8 Å². The first-order valence-electron chi connectivity index (χ1n) is 4.73. The minimum Gasteiger partial charge on any atom is -0.489 e. The molecule has 0 radical (unpaired) electrons. The Balaban J connectivity index is 3.25. The van der Waals surface area contributed by atoms with Crippen LogP contribution in [0.25, 0.3) is 0 Å². The molecule has 2 heteroatoms. The Bertz CT molecular complexity index is 375. The molecule has 1 aromatic rings. The van der Waals surface area contributed by atoms with Crippen molar-refractivity contribution >= 4 is 0 Å². The first-order chi connectivity index (χ1) is 6.56. The van der Waals surface area contributed by atoms with Crippen LogP contribution in [-0.4, -0.2) is 6.10 Å². The van der Waals surface area contributed by atoms with Crippen molar-refractivity contribution in [3.63, 3.8) is 0 Å². The predicted molar refractivity (Wildman–Crippen MR) is 56.4 cm³/mol. The topological polar surface area (TPSA) is 33.0 Å². The number of nitrogens with zero attached hydrogens (tertiary/aromatic N) is 1. The van der Waals surface area contributed by atoms with Crippen LogP contribution < -0.4 is 4.74 Å². The minimum atomic E-state index is 0.0996. The molecule has 14 heavy (non-hydrogen) atoms. The second kappa shape index (κ2) is 4.15. The summed E-state index contributed by atoms with van der Waals surface area (Å²) >= 11 is 0. The molecule has 0 aromatic heterocycles. The van der Waals surface area contributed by atoms with E-state index in [0.29, 0.717) is 5.56 Å². The van der Waals surface area contributed by atoms with Crippen LogP contribution >= 0.6 is 0 Å². The number of aryl methyl sites for hydroxylation is 2. The molecule has 74 valence electrons. The molecule has 0 N–H and O–H groups in total. The van der Waals surface area contributed by atoms with E-state index in [1.165, 1.54) is 0 Å². The molecule has 0 bridgehead atoms. The van der Waals surface area contributed by atoms with Crippen molar-refractivity contribution in [1.29, 1.82) is 5.26 Å². The fourth-order valence-electron chi connectivity index (χ4n) is 1.31. The molecule has 0 unspecified atom stereocenters. The summed E-state index contributed by atoms with van der Waals surface area (Å²) in [4.78, 5) is 0. The van der Waals surface area contributed by atoms with Crippen LogP contribution in [0.2, 0.25) is 0 Å². The molecule has 1 rings (SSSR count). The number of hydrogen-bond donors (Lipinski definition) is 0. The number of ether oxygens (including phenoxy) is 1. The minimum absolute atomic E-state index is 0.0996. The van der Waals surface area contributed by atoms with Crippen molar-refractivity contribution in [3.05, 3.63) is 28.8 Å². The van der Waals surface area contributed by atoms with Crippen LogP contribution in [0.3, 0.4) is 0 Å². The molecule has 0 saturated heterocycles.